The summed E-state index contributed by atoms with van der Waals surface area (Å²) in [5.41, 5.74) is 2.10. The average Bonchev–Trinajstić information content (AvgIpc) is 3.34. The maximum atomic E-state index is 13.4. The number of pyridine rings is 1. The van der Waals surface area contributed by atoms with Crippen molar-refractivity contribution in [2.24, 2.45) is 0 Å². The molecule has 32 heavy (non-hydrogen) atoms. The molecule has 3 heterocycles. The van der Waals surface area contributed by atoms with Gasteiger partial charge in [0.05, 0.1) is 18.4 Å². The maximum absolute atomic E-state index is 13.4. The Morgan fingerprint density at radius 1 is 1.22 bits per heavy atom. The molecule has 1 aliphatic heterocycles. The molecule has 1 fully saturated rings. The summed E-state index contributed by atoms with van der Waals surface area (Å²) in [6.45, 7) is 4.52. The first-order valence-electron chi connectivity index (χ1n) is 10.8. The quantitative estimate of drug-likeness (QED) is 0.462. The molecule has 1 atom stereocenters. The van der Waals surface area contributed by atoms with Gasteiger partial charge in [0, 0.05) is 31.2 Å². The molecule has 2 aromatic heterocycles. The highest BCUT2D eigenvalue weighted by Gasteiger charge is 2.26. The van der Waals surface area contributed by atoms with Gasteiger partial charge < -0.3 is 9.47 Å². The number of aromatic nitrogens is 2. The minimum atomic E-state index is -0.393. The van der Waals surface area contributed by atoms with Crippen LogP contribution in [0.25, 0.3) is 0 Å². The van der Waals surface area contributed by atoms with Gasteiger partial charge in [-0.2, -0.15) is 0 Å². The normalized spacial score (nSPS) is 16.1. The van der Waals surface area contributed by atoms with Crippen LogP contribution < -0.4 is 0 Å². The number of esters is 1. The molecular weight excluding hydrogens is 429 g/mol. The van der Waals surface area contributed by atoms with Gasteiger partial charge in [0.2, 0.25) is 0 Å². The van der Waals surface area contributed by atoms with Crippen molar-refractivity contribution in [2.75, 3.05) is 19.7 Å². The third kappa shape index (κ3) is 5.76. The summed E-state index contributed by atoms with van der Waals surface area (Å²) < 4.78 is 24.9. The highest BCUT2D eigenvalue weighted by molar-refractivity contribution is 7.09. The highest BCUT2D eigenvalue weighted by Crippen LogP contribution is 2.31. The van der Waals surface area contributed by atoms with E-state index in [9.17, 15) is 9.18 Å². The van der Waals surface area contributed by atoms with Crippen molar-refractivity contribution in [3.8, 4) is 0 Å². The van der Waals surface area contributed by atoms with Crippen molar-refractivity contribution in [1.29, 1.82) is 0 Å². The maximum Gasteiger partial charge on any atom is 0.356 e. The molecular formula is C24H26FN3O3S. The second kappa shape index (κ2) is 10.8. The molecule has 3 aromatic rings. The number of carbonyl (C=O) groups is 1. The number of hydrogen-bond donors (Lipinski definition) is 0. The lowest BCUT2D eigenvalue weighted by Crippen LogP contribution is -2.37. The van der Waals surface area contributed by atoms with Gasteiger partial charge in [-0.1, -0.05) is 18.2 Å². The van der Waals surface area contributed by atoms with E-state index in [0.29, 0.717) is 18.8 Å². The van der Waals surface area contributed by atoms with Crippen LogP contribution in [0.4, 0.5) is 4.39 Å². The fourth-order valence-electron chi connectivity index (χ4n) is 3.79. The van der Waals surface area contributed by atoms with Crippen LogP contribution in [0.15, 0.2) is 54.0 Å². The lowest BCUT2D eigenvalue weighted by molar-refractivity contribution is -0.0283. The summed E-state index contributed by atoms with van der Waals surface area (Å²) >= 11 is 1.54. The van der Waals surface area contributed by atoms with E-state index in [1.165, 1.54) is 12.1 Å². The van der Waals surface area contributed by atoms with Crippen molar-refractivity contribution in [2.45, 2.75) is 38.5 Å². The zero-order valence-corrected chi connectivity index (χ0v) is 18.8. The largest absolute Gasteiger partial charge is 0.461 e. The number of halogens is 1. The molecule has 1 unspecified atom stereocenters. The van der Waals surface area contributed by atoms with E-state index >= 15 is 0 Å². The van der Waals surface area contributed by atoms with E-state index in [1.54, 1.807) is 42.7 Å². The van der Waals surface area contributed by atoms with E-state index in [-0.39, 0.29) is 18.0 Å². The molecule has 0 radical (unpaired) electrons. The third-order valence-electron chi connectivity index (χ3n) is 5.39. The number of benzene rings is 1. The van der Waals surface area contributed by atoms with Gasteiger partial charge in [-0.15, -0.1) is 11.3 Å². The van der Waals surface area contributed by atoms with E-state index in [1.807, 2.05) is 17.5 Å². The Kier molecular flexibility index (Phi) is 7.57. The van der Waals surface area contributed by atoms with Crippen LogP contribution in [0.1, 0.15) is 52.6 Å². The topological polar surface area (TPSA) is 64.5 Å². The number of ether oxygens (including phenoxy) is 2. The second-order valence-corrected chi connectivity index (χ2v) is 8.57. The van der Waals surface area contributed by atoms with Gasteiger partial charge in [0.1, 0.15) is 22.6 Å². The molecule has 0 aliphatic carbocycles. The number of likely N-dealkylation sites (tertiary alicyclic amines) is 1. The summed E-state index contributed by atoms with van der Waals surface area (Å²) in [6, 6.07) is 11.9. The van der Waals surface area contributed by atoms with Gasteiger partial charge in [0.15, 0.2) is 0 Å². The molecule has 0 N–H and O–H groups in total. The van der Waals surface area contributed by atoms with Gasteiger partial charge in [-0.05, 0) is 49.6 Å². The molecule has 0 amide bonds. The van der Waals surface area contributed by atoms with Crippen molar-refractivity contribution in [1.82, 2.24) is 14.9 Å². The number of piperidine rings is 1. The molecule has 0 bridgehead atoms. The van der Waals surface area contributed by atoms with E-state index in [4.69, 9.17) is 9.47 Å². The zero-order valence-electron chi connectivity index (χ0n) is 17.9. The van der Waals surface area contributed by atoms with Crippen LogP contribution in [-0.4, -0.2) is 46.6 Å². The summed E-state index contributed by atoms with van der Waals surface area (Å²) in [6.07, 6.45) is 3.31. The van der Waals surface area contributed by atoms with Crippen LogP contribution in [-0.2, 0) is 16.0 Å². The molecule has 4 rings (SSSR count). The Bertz CT molecular complexity index is 1010. The Labute approximate surface area is 191 Å². The molecule has 8 heteroatoms. The lowest BCUT2D eigenvalue weighted by atomic mass is 10.1. The summed E-state index contributed by atoms with van der Waals surface area (Å²) in [5, 5.41) is 2.80. The Balaban J connectivity index is 1.35. The molecule has 6 nitrogen and oxygen atoms in total. The van der Waals surface area contributed by atoms with Crippen LogP contribution in [0.5, 0.6) is 0 Å². The first-order valence-corrected chi connectivity index (χ1v) is 11.7. The highest BCUT2D eigenvalue weighted by atomic mass is 32.1. The van der Waals surface area contributed by atoms with E-state index < -0.39 is 5.97 Å². The third-order valence-corrected chi connectivity index (χ3v) is 6.21. The predicted octanol–water partition coefficient (Wildman–Crippen LogP) is 4.62. The van der Waals surface area contributed by atoms with Gasteiger partial charge in [0.25, 0.3) is 0 Å². The number of carbonyl (C=O) groups excluding carboxylic acids is 1. The SMILES string of the molecule is CCOC(=O)c1cccc(CN2CCC(OC(c3ccc(F)cc3)c3nccs3)CC2)n1. The Hall–Kier alpha value is -2.68. The minimum Gasteiger partial charge on any atom is -0.461 e. The zero-order chi connectivity index (χ0) is 22.3. The Morgan fingerprint density at radius 3 is 2.69 bits per heavy atom. The number of thiazole rings is 1. The van der Waals surface area contributed by atoms with Crippen LogP contribution >= 0.6 is 11.3 Å². The monoisotopic (exact) mass is 455 g/mol. The number of rotatable bonds is 8. The Morgan fingerprint density at radius 2 is 2.00 bits per heavy atom. The predicted molar refractivity (Wildman–Crippen MR) is 120 cm³/mol. The van der Waals surface area contributed by atoms with Crippen molar-refractivity contribution < 1.29 is 18.7 Å². The minimum absolute atomic E-state index is 0.0871. The van der Waals surface area contributed by atoms with Gasteiger partial charge >= 0.3 is 5.97 Å². The molecule has 0 spiro atoms. The number of nitrogens with zero attached hydrogens (tertiary/aromatic N) is 3. The molecule has 1 aromatic carbocycles. The first kappa shape index (κ1) is 22.5. The second-order valence-electron chi connectivity index (χ2n) is 7.65. The molecule has 168 valence electrons. The fourth-order valence-corrected chi connectivity index (χ4v) is 4.49. The van der Waals surface area contributed by atoms with Crippen LogP contribution in [0.2, 0.25) is 0 Å². The summed E-state index contributed by atoms with van der Waals surface area (Å²) in [5.74, 6) is -0.656. The molecule has 0 saturated carbocycles. The van der Waals surface area contributed by atoms with E-state index in [2.05, 4.69) is 14.9 Å². The summed E-state index contributed by atoms with van der Waals surface area (Å²) in [7, 11) is 0. The van der Waals surface area contributed by atoms with Crippen LogP contribution in [0, 0.1) is 5.82 Å². The van der Waals surface area contributed by atoms with Crippen molar-refractivity contribution >= 4 is 17.3 Å². The molecule has 1 aliphatic rings. The van der Waals surface area contributed by atoms with Gasteiger partial charge in [-0.3, -0.25) is 4.90 Å². The fraction of sp³-hybridized carbons (Fsp3) is 0.375. The average molecular weight is 456 g/mol. The van der Waals surface area contributed by atoms with Gasteiger partial charge in [-0.25, -0.2) is 19.2 Å². The summed E-state index contributed by atoms with van der Waals surface area (Å²) in [4.78, 5) is 23.1. The number of hydrogen-bond acceptors (Lipinski definition) is 7. The van der Waals surface area contributed by atoms with E-state index in [0.717, 1.165) is 42.2 Å². The first-order chi connectivity index (χ1) is 15.6. The smallest absolute Gasteiger partial charge is 0.356 e. The standard InChI is InChI=1S/C24H26FN3O3S/c1-2-30-24(29)21-5-3-4-19(27-21)16-28-13-10-20(11-14-28)31-22(23-26-12-15-32-23)17-6-8-18(25)9-7-17/h3-9,12,15,20,22H,2,10-11,13-14,16H2,1H3. The van der Waals surface area contributed by atoms with Crippen molar-refractivity contribution in [3.05, 3.63) is 81.8 Å². The van der Waals surface area contributed by atoms with Crippen LogP contribution in [0.3, 0.4) is 0 Å². The molecule has 1 saturated heterocycles. The lowest BCUT2D eigenvalue weighted by Gasteiger charge is -2.33. The van der Waals surface area contributed by atoms with Crippen molar-refractivity contribution in [3.63, 3.8) is 0 Å².